The van der Waals surface area contributed by atoms with Crippen LogP contribution in [0.15, 0.2) is 42.5 Å². The summed E-state index contributed by atoms with van der Waals surface area (Å²) in [5.74, 6) is 1.59. The number of carbonyl (C=O) groups excluding carboxylic acids is 1. The Kier molecular flexibility index (Phi) is 6.00. The second kappa shape index (κ2) is 8.82. The number of carbonyl (C=O) groups is 1. The van der Waals surface area contributed by atoms with Crippen LogP contribution in [0.2, 0.25) is 0 Å². The highest BCUT2D eigenvalue weighted by atomic mass is 19.1. The topological polar surface area (TPSA) is 42.0 Å². The summed E-state index contributed by atoms with van der Waals surface area (Å²) in [7, 11) is 1.85. The van der Waals surface area contributed by atoms with E-state index in [9.17, 15) is 9.18 Å². The van der Waals surface area contributed by atoms with Crippen LogP contribution in [0.5, 0.6) is 11.5 Å². The van der Waals surface area contributed by atoms with E-state index in [-0.39, 0.29) is 18.5 Å². The number of ether oxygens (including phenoxy) is 2. The van der Waals surface area contributed by atoms with Crippen LogP contribution < -0.4 is 9.47 Å². The molecule has 29 heavy (non-hydrogen) atoms. The zero-order chi connectivity index (χ0) is 20.2. The van der Waals surface area contributed by atoms with Gasteiger partial charge in [0.2, 0.25) is 6.79 Å². The highest BCUT2D eigenvalue weighted by Crippen LogP contribution is 2.32. The third-order valence-electron chi connectivity index (χ3n) is 5.76. The molecule has 1 fully saturated rings. The summed E-state index contributed by atoms with van der Waals surface area (Å²) in [6, 6.07) is 12.3. The molecule has 5 nitrogen and oxygen atoms in total. The smallest absolute Gasteiger partial charge is 0.253 e. The quantitative estimate of drug-likeness (QED) is 0.746. The van der Waals surface area contributed by atoms with Gasteiger partial charge in [0.15, 0.2) is 11.5 Å². The van der Waals surface area contributed by atoms with Gasteiger partial charge in [-0.15, -0.1) is 0 Å². The van der Waals surface area contributed by atoms with Crippen molar-refractivity contribution in [3.63, 3.8) is 0 Å². The molecular formula is C23H27FN2O3. The average Bonchev–Trinajstić information content (AvgIpc) is 3.21. The molecule has 0 unspecified atom stereocenters. The van der Waals surface area contributed by atoms with Gasteiger partial charge in [-0.25, -0.2) is 4.39 Å². The number of piperidine rings is 1. The maximum Gasteiger partial charge on any atom is 0.253 e. The van der Waals surface area contributed by atoms with Crippen LogP contribution in [-0.2, 0) is 6.42 Å². The Morgan fingerprint density at radius 1 is 1.21 bits per heavy atom. The summed E-state index contributed by atoms with van der Waals surface area (Å²) in [4.78, 5) is 17.0. The first-order valence-electron chi connectivity index (χ1n) is 10.2. The predicted octanol–water partition coefficient (Wildman–Crippen LogP) is 3.58. The molecule has 2 aromatic rings. The highest BCUT2D eigenvalue weighted by molar-refractivity contribution is 5.94. The minimum atomic E-state index is -0.130. The second-order valence-corrected chi connectivity index (χ2v) is 7.90. The Morgan fingerprint density at radius 2 is 2.03 bits per heavy atom. The van der Waals surface area contributed by atoms with Crippen molar-refractivity contribution in [1.82, 2.24) is 9.80 Å². The van der Waals surface area contributed by atoms with E-state index in [1.54, 1.807) is 29.2 Å². The van der Waals surface area contributed by atoms with E-state index in [4.69, 9.17) is 9.47 Å². The molecule has 0 saturated carbocycles. The molecule has 1 saturated heterocycles. The van der Waals surface area contributed by atoms with Gasteiger partial charge in [0, 0.05) is 32.2 Å². The lowest BCUT2D eigenvalue weighted by Gasteiger charge is -2.34. The zero-order valence-electron chi connectivity index (χ0n) is 16.8. The van der Waals surface area contributed by atoms with Gasteiger partial charge in [0.1, 0.15) is 5.82 Å². The summed E-state index contributed by atoms with van der Waals surface area (Å²) >= 11 is 0. The minimum absolute atomic E-state index is 0.00761. The third kappa shape index (κ3) is 4.70. The molecule has 1 amide bonds. The second-order valence-electron chi connectivity index (χ2n) is 7.90. The van der Waals surface area contributed by atoms with Crippen molar-refractivity contribution in [2.75, 3.05) is 40.0 Å². The Balaban J connectivity index is 1.30. The molecular weight excluding hydrogens is 371 g/mol. The molecule has 6 heteroatoms. The summed E-state index contributed by atoms with van der Waals surface area (Å²) in [5, 5.41) is 0. The molecule has 154 valence electrons. The fourth-order valence-corrected chi connectivity index (χ4v) is 4.20. The summed E-state index contributed by atoms with van der Waals surface area (Å²) < 4.78 is 24.5. The SMILES string of the molecule is CN(C[C@@H]1CCCN(CCc2ccccc2F)C1)C(=O)c1ccc2c(c1)OCO2. The predicted molar refractivity (Wildman–Crippen MR) is 109 cm³/mol. The van der Waals surface area contributed by atoms with Gasteiger partial charge in [-0.3, -0.25) is 4.79 Å². The van der Waals surface area contributed by atoms with Crippen LogP contribution in [0, 0.1) is 11.7 Å². The molecule has 0 radical (unpaired) electrons. The Morgan fingerprint density at radius 3 is 2.90 bits per heavy atom. The number of hydrogen-bond donors (Lipinski definition) is 0. The summed E-state index contributed by atoms with van der Waals surface area (Å²) in [6.45, 7) is 3.73. The fraction of sp³-hybridized carbons (Fsp3) is 0.435. The van der Waals surface area contributed by atoms with E-state index in [2.05, 4.69) is 4.90 Å². The first-order valence-corrected chi connectivity index (χ1v) is 10.2. The van der Waals surface area contributed by atoms with Crippen LogP contribution in [-0.4, -0.2) is 55.7 Å². The number of nitrogens with zero attached hydrogens (tertiary/aromatic N) is 2. The van der Waals surface area contributed by atoms with Gasteiger partial charge in [0.25, 0.3) is 5.91 Å². The van der Waals surface area contributed by atoms with Gasteiger partial charge in [0.05, 0.1) is 0 Å². The number of benzene rings is 2. The van der Waals surface area contributed by atoms with Crippen molar-refractivity contribution in [2.45, 2.75) is 19.3 Å². The van der Waals surface area contributed by atoms with Crippen LogP contribution in [0.1, 0.15) is 28.8 Å². The molecule has 2 heterocycles. The average molecular weight is 398 g/mol. The van der Waals surface area contributed by atoms with Gasteiger partial charge >= 0.3 is 0 Å². The molecule has 0 aromatic heterocycles. The summed E-state index contributed by atoms with van der Waals surface area (Å²) in [6.07, 6.45) is 2.92. The molecule has 0 bridgehead atoms. The summed E-state index contributed by atoms with van der Waals surface area (Å²) in [5.41, 5.74) is 1.38. The van der Waals surface area contributed by atoms with E-state index in [0.29, 0.717) is 35.9 Å². The first kappa shape index (κ1) is 19.7. The maximum atomic E-state index is 13.8. The number of likely N-dealkylation sites (tertiary alicyclic amines) is 1. The number of amides is 1. The molecule has 2 aliphatic heterocycles. The van der Waals surface area contributed by atoms with Crippen LogP contribution in [0.3, 0.4) is 0 Å². The van der Waals surface area contributed by atoms with Crippen molar-refractivity contribution < 1.29 is 18.7 Å². The minimum Gasteiger partial charge on any atom is -0.454 e. The lowest BCUT2D eigenvalue weighted by Crippen LogP contribution is -2.42. The first-order chi connectivity index (χ1) is 14.1. The van der Waals surface area contributed by atoms with E-state index in [1.165, 1.54) is 6.07 Å². The van der Waals surface area contributed by atoms with Crippen LogP contribution in [0.4, 0.5) is 4.39 Å². The van der Waals surface area contributed by atoms with Crippen molar-refractivity contribution in [3.8, 4) is 11.5 Å². The molecule has 1 atom stereocenters. The number of hydrogen-bond acceptors (Lipinski definition) is 4. The van der Waals surface area contributed by atoms with E-state index in [1.807, 2.05) is 19.2 Å². The molecule has 0 spiro atoms. The lowest BCUT2D eigenvalue weighted by atomic mass is 9.96. The van der Waals surface area contributed by atoms with Gasteiger partial charge in [-0.1, -0.05) is 18.2 Å². The van der Waals surface area contributed by atoms with E-state index >= 15 is 0 Å². The Labute approximate surface area is 171 Å². The normalized spacial score (nSPS) is 18.6. The molecule has 4 rings (SSSR count). The third-order valence-corrected chi connectivity index (χ3v) is 5.76. The Bertz CT molecular complexity index is 873. The number of fused-ring (bicyclic) bond motifs is 1. The fourth-order valence-electron chi connectivity index (χ4n) is 4.20. The molecule has 2 aliphatic rings. The van der Waals surface area contributed by atoms with Crippen molar-refractivity contribution in [2.24, 2.45) is 5.92 Å². The monoisotopic (exact) mass is 398 g/mol. The van der Waals surface area contributed by atoms with Gasteiger partial charge in [-0.2, -0.15) is 0 Å². The molecule has 0 N–H and O–H groups in total. The van der Waals surface area contributed by atoms with Crippen molar-refractivity contribution >= 4 is 5.91 Å². The van der Waals surface area contributed by atoms with Crippen molar-refractivity contribution in [3.05, 3.63) is 59.4 Å². The van der Waals surface area contributed by atoms with Crippen LogP contribution in [0.25, 0.3) is 0 Å². The molecule has 0 aliphatic carbocycles. The molecule has 2 aromatic carbocycles. The van der Waals surface area contributed by atoms with Gasteiger partial charge < -0.3 is 19.3 Å². The van der Waals surface area contributed by atoms with E-state index in [0.717, 1.165) is 38.0 Å². The Hall–Kier alpha value is -2.60. The van der Waals surface area contributed by atoms with Gasteiger partial charge in [-0.05, 0) is 61.6 Å². The van der Waals surface area contributed by atoms with E-state index < -0.39 is 0 Å². The maximum absolute atomic E-state index is 13.8. The van der Waals surface area contributed by atoms with Crippen molar-refractivity contribution in [1.29, 1.82) is 0 Å². The lowest BCUT2D eigenvalue weighted by molar-refractivity contribution is 0.0730. The number of halogens is 1. The highest BCUT2D eigenvalue weighted by Gasteiger charge is 2.24. The standard InChI is InChI=1S/C23H27FN2O3/c1-25(23(27)19-8-9-21-22(13-19)29-16-28-21)14-17-5-4-11-26(15-17)12-10-18-6-2-3-7-20(18)24/h2-3,6-9,13,17H,4-5,10-12,14-16H2,1H3/t17-/m0/s1. The largest absolute Gasteiger partial charge is 0.454 e. The zero-order valence-corrected chi connectivity index (χ0v) is 16.8. The number of rotatable bonds is 6. The van der Waals surface area contributed by atoms with Crippen LogP contribution >= 0.6 is 0 Å².